The number of aromatic nitrogens is 2. The van der Waals surface area contributed by atoms with Gasteiger partial charge in [0.1, 0.15) is 5.75 Å². The normalized spacial score (nSPS) is 11.2. The van der Waals surface area contributed by atoms with Gasteiger partial charge in [-0.05, 0) is 60.7 Å². The molecule has 2 N–H and O–H groups in total. The van der Waals surface area contributed by atoms with Crippen molar-refractivity contribution < 1.29 is 13.2 Å². The molecule has 0 spiro atoms. The third-order valence-electron chi connectivity index (χ3n) is 4.48. The molecule has 154 valence electrons. The highest BCUT2D eigenvalue weighted by atomic mass is 32.2. The molecule has 0 aliphatic rings. The van der Waals surface area contributed by atoms with Crippen LogP contribution in [0.15, 0.2) is 83.3 Å². The van der Waals surface area contributed by atoms with Crippen molar-refractivity contribution in [3.63, 3.8) is 0 Å². The van der Waals surface area contributed by atoms with Crippen LogP contribution in [0.25, 0.3) is 5.69 Å². The van der Waals surface area contributed by atoms with E-state index in [0.717, 1.165) is 22.8 Å². The molecule has 2 aromatic carbocycles. The number of benzene rings is 2. The zero-order chi connectivity index (χ0) is 21.0. The number of nitrogens with one attached hydrogen (secondary N) is 2. The number of nitrogens with zero attached hydrogens (tertiary/aromatic N) is 2. The maximum absolute atomic E-state index is 12.5. The minimum atomic E-state index is -3.66. The lowest BCUT2D eigenvalue weighted by Gasteiger charge is -2.12. The first-order valence-electron chi connectivity index (χ1n) is 9.12. The van der Waals surface area contributed by atoms with Crippen LogP contribution in [0.5, 0.6) is 5.75 Å². The summed E-state index contributed by atoms with van der Waals surface area (Å²) in [4.78, 5) is 4.15. The fourth-order valence-corrected chi connectivity index (χ4v) is 4.74. The SMILES string of the molecule is COc1ccc(NCc2cccn2-c2ccc(S(=O)(=O)Nc3nccs3)cc2)cc1. The molecule has 0 bridgehead atoms. The van der Waals surface area contributed by atoms with Gasteiger partial charge in [0.05, 0.1) is 18.6 Å². The fraction of sp³-hybridized carbons (Fsp3) is 0.0952. The highest BCUT2D eigenvalue weighted by molar-refractivity contribution is 7.93. The van der Waals surface area contributed by atoms with Crippen LogP contribution in [-0.2, 0) is 16.6 Å². The summed E-state index contributed by atoms with van der Waals surface area (Å²) in [7, 11) is -2.03. The van der Waals surface area contributed by atoms with E-state index < -0.39 is 10.0 Å². The molecular formula is C21H20N4O3S2. The van der Waals surface area contributed by atoms with E-state index in [1.807, 2.05) is 47.2 Å². The highest BCUT2D eigenvalue weighted by Gasteiger charge is 2.15. The molecule has 0 unspecified atom stereocenters. The first kappa shape index (κ1) is 20.0. The Morgan fingerprint density at radius 3 is 2.50 bits per heavy atom. The molecule has 2 aromatic heterocycles. The predicted octanol–water partition coefficient (Wildman–Crippen LogP) is 4.36. The molecule has 9 heteroatoms. The molecule has 30 heavy (non-hydrogen) atoms. The second-order valence-corrected chi connectivity index (χ2v) is 8.97. The van der Waals surface area contributed by atoms with Crippen molar-refractivity contribution in [1.29, 1.82) is 0 Å². The Labute approximate surface area is 179 Å². The summed E-state index contributed by atoms with van der Waals surface area (Å²) in [5, 5.41) is 5.44. The Bertz CT molecular complexity index is 1200. The van der Waals surface area contributed by atoms with Gasteiger partial charge in [-0.3, -0.25) is 4.72 Å². The summed E-state index contributed by atoms with van der Waals surface area (Å²) in [5.41, 5.74) is 2.90. The van der Waals surface area contributed by atoms with Crippen molar-refractivity contribution in [3.05, 3.63) is 84.1 Å². The van der Waals surface area contributed by atoms with Crippen LogP contribution in [0.1, 0.15) is 5.69 Å². The lowest BCUT2D eigenvalue weighted by molar-refractivity contribution is 0.415. The Morgan fingerprint density at radius 2 is 1.83 bits per heavy atom. The maximum Gasteiger partial charge on any atom is 0.263 e. The van der Waals surface area contributed by atoms with Gasteiger partial charge in [0.15, 0.2) is 5.13 Å². The average molecular weight is 441 g/mol. The quantitative estimate of drug-likeness (QED) is 0.425. The van der Waals surface area contributed by atoms with Gasteiger partial charge in [-0.15, -0.1) is 11.3 Å². The molecule has 2 heterocycles. The number of hydrogen-bond acceptors (Lipinski definition) is 6. The molecule has 0 radical (unpaired) electrons. The van der Waals surface area contributed by atoms with E-state index in [4.69, 9.17) is 4.74 Å². The molecule has 0 fully saturated rings. The van der Waals surface area contributed by atoms with Crippen molar-refractivity contribution in [3.8, 4) is 11.4 Å². The van der Waals surface area contributed by atoms with Crippen LogP contribution in [-0.4, -0.2) is 25.1 Å². The number of ether oxygens (including phenoxy) is 1. The lowest BCUT2D eigenvalue weighted by Crippen LogP contribution is -2.13. The first-order chi connectivity index (χ1) is 14.5. The van der Waals surface area contributed by atoms with Crippen molar-refractivity contribution in [2.75, 3.05) is 17.1 Å². The smallest absolute Gasteiger partial charge is 0.263 e. The minimum absolute atomic E-state index is 0.187. The van der Waals surface area contributed by atoms with E-state index in [9.17, 15) is 8.42 Å². The molecule has 0 saturated heterocycles. The van der Waals surface area contributed by atoms with Gasteiger partial charge in [0, 0.05) is 34.8 Å². The topological polar surface area (TPSA) is 85.2 Å². The van der Waals surface area contributed by atoms with Crippen LogP contribution in [0.2, 0.25) is 0 Å². The second-order valence-electron chi connectivity index (χ2n) is 6.39. The molecule has 0 aliphatic heterocycles. The molecule has 0 saturated carbocycles. The molecule has 0 atom stereocenters. The van der Waals surface area contributed by atoms with Gasteiger partial charge in [-0.1, -0.05) is 0 Å². The largest absolute Gasteiger partial charge is 0.497 e. The third-order valence-corrected chi connectivity index (χ3v) is 6.65. The predicted molar refractivity (Wildman–Crippen MR) is 119 cm³/mol. The van der Waals surface area contributed by atoms with E-state index in [-0.39, 0.29) is 4.90 Å². The van der Waals surface area contributed by atoms with Crippen molar-refractivity contribution in [1.82, 2.24) is 9.55 Å². The highest BCUT2D eigenvalue weighted by Crippen LogP contribution is 2.21. The molecular weight excluding hydrogens is 420 g/mol. The zero-order valence-electron chi connectivity index (χ0n) is 16.1. The van der Waals surface area contributed by atoms with Gasteiger partial charge in [0.25, 0.3) is 10.0 Å². The Kier molecular flexibility index (Phi) is 5.73. The van der Waals surface area contributed by atoms with Crippen LogP contribution in [0, 0.1) is 0 Å². The van der Waals surface area contributed by atoms with Gasteiger partial charge in [-0.2, -0.15) is 0 Å². The van der Waals surface area contributed by atoms with E-state index in [2.05, 4.69) is 15.0 Å². The number of thiazole rings is 1. The number of anilines is 2. The van der Waals surface area contributed by atoms with Gasteiger partial charge in [-0.25, -0.2) is 13.4 Å². The number of rotatable bonds is 8. The summed E-state index contributed by atoms with van der Waals surface area (Å²) >= 11 is 1.23. The zero-order valence-corrected chi connectivity index (χ0v) is 17.8. The van der Waals surface area contributed by atoms with Crippen molar-refractivity contribution in [2.45, 2.75) is 11.4 Å². The molecule has 7 nitrogen and oxygen atoms in total. The molecule has 4 rings (SSSR count). The average Bonchev–Trinajstić information content (AvgIpc) is 3.44. The van der Waals surface area contributed by atoms with E-state index in [0.29, 0.717) is 11.7 Å². The van der Waals surface area contributed by atoms with E-state index in [1.165, 1.54) is 11.3 Å². The second kappa shape index (κ2) is 8.60. The van der Waals surface area contributed by atoms with Gasteiger partial charge < -0.3 is 14.6 Å². The maximum atomic E-state index is 12.5. The summed E-state index contributed by atoms with van der Waals surface area (Å²) in [6, 6.07) is 18.5. The monoisotopic (exact) mass is 440 g/mol. The molecule has 4 aromatic rings. The first-order valence-corrected chi connectivity index (χ1v) is 11.5. The van der Waals surface area contributed by atoms with Crippen LogP contribution in [0.4, 0.5) is 10.8 Å². The minimum Gasteiger partial charge on any atom is -0.497 e. The Morgan fingerprint density at radius 1 is 1.07 bits per heavy atom. The van der Waals surface area contributed by atoms with Crippen LogP contribution in [0.3, 0.4) is 0 Å². The van der Waals surface area contributed by atoms with Gasteiger partial charge in [0.2, 0.25) is 0 Å². The van der Waals surface area contributed by atoms with E-state index in [1.54, 1.807) is 43.0 Å². The summed E-state index contributed by atoms with van der Waals surface area (Å²) in [5.74, 6) is 0.809. The summed E-state index contributed by atoms with van der Waals surface area (Å²) < 4.78 is 34.7. The summed E-state index contributed by atoms with van der Waals surface area (Å²) in [6.45, 7) is 0.616. The van der Waals surface area contributed by atoms with Crippen LogP contribution >= 0.6 is 11.3 Å². The fourth-order valence-electron chi connectivity index (χ4n) is 2.95. The third kappa shape index (κ3) is 4.47. The van der Waals surface area contributed by atoms with E-state index >= 15 is 0 Å². The molecule has 0 amide bonds. The molecule has 0 aliphatic carbocycles. The Hall–Kier alpha value is -3.30. The Balaban J connectivity index is 1.48. The van der Waals surface area contributed by atoms with Crippen molar-refractivity contribution in [2.24, 2.45) is 0 Å². The standard InChI is InChI=1S/C21H20N4O3S2/c1-28-19-8-4-16(5-9-19)23-15-18-3-2-13-25(18)17-6-10-20(11-7-17)30(26,27)24-21-22-12-14-29-21/h2-14,23H,15H2,1H3,(H,22,24). The summed E-state index contributed by atoms with van der Waals surface area (Å²) in [6.07, 6.45) is 3.50. The van der Waals surface area contributed by atoms with Crippen molar-refractivity contribution >= 4 is 32.2 Å². The lowest BCUT2D eigenvalue weighted by atomic mass is 10.3. The van der Waals surface area contributed by atoms with Crippen LogP contribution < -0.4 is 14.8 Å². The number of sulfonamides is 1. The number of methoxy groups -OCH3 is 1. The van der Waals surface area contributed by atoms with Gasteiger partial charge >= 0.3 is 0 Å². The number of hydrogen-bond donors (Lipinski definition) is 2.